The fourth-order valence-electron chi connectivity index (χ4n) is 4.12. The number of benzene rings is 1. The van der Waals surface area contributed by atoms with Gasteiger partial charge in [0.1, 0.15) is 0 Å². The van der Waals surface area contributed by atoms with Crippen molar-refractivity contribution in [1.29, 1.82) is 0 Å². The van der Waals surface area contributed by atoms with Crippen LogP contribution in [0.5, 0.6) is 0 Å². The fraction of sp³-hybridized carbons (Fsp3) is 0.333. The van der Waals surface area contributed by atoms with Crippen LogP contribution in [0.4, 0.5) is 0 Å². The number of carbonyl (C=O) groups excluding carboxylic acids is 2. The molecule has 3 aromatic rings. The molecule has 0 aliphatic carbocycles. The summed E-state index contributed by atoms with van der Waals surface area (Å²) in [6.07, 6.45) is 2.30. The molecule has 0 saturated carbocycles. The SMILES string of the molecule is CCN1CCc2cn(-c3ncccc3C(=O)N([O-])C(Cc3ccccc3)C(O)C(N)=O)nc2C1. The molecule has 0 saturated heterocycles. The number of hydrogen-bond acceptors (Lipinski definition) is 7. The number of primary amides is 1. The smallest absolute Gasteiger partial charge is 0.248 e. The lowest BCUT2D eigenvalue weighted by Crippen LogP contribution is -2.50. The zero-order valence-electron chi connectivity index (χ0n) is 18.9. The van der Waals surface area contributed by atoms with Crippen LogP contribution in [0.15, 0.2) is 54.9 Å². The van der Waals surface area contributed by atoms with Gasteiger partial charge >= 0.3 is 0 Å². The molecular weight excluding hydrogens is 436 g/mol. The van der Waals surface area contributed by atoms with Gasteiger partial charge < -0.3 is 21.1 Å². The van der Waals surface area contributed by atoms with Gasteiger partial charge in [0.2, 0.25) is 11.8 Å². The lowest BCUT2D eigenvalue weighted by molar-refractivity contribution is -0.128. The molecule has 2 unspecified atom stereocenters. The second-order valence-corrected chi connectivity index (χ2v) is 8.27. The summed E-state index contributed by atoms with van der Waals surface area (Å²) in [6.45, 7) is 4.62. The zero-order chi connectivity index (χ0) is 24.2. The molecule has 1 aromatic carbocycles. The summed E-state index contributed by atoms with van der Waals surface area (Å²) in [6, 6.07) is 10.4. The second kappa shape index (κ2) is 10.1. The lowest BCUT2D eigenvalue weighted by Gasteiger charge is -2.39. The molecule has 1 aliphatic heterocycles. The molecule has 0 radical (unpaired) electrons. The summed E-state index contributed by atoms with van der Waals surface area (Å²) in [5.41, 5.74) is 7.93. The van der Waals surface area contributed by atoms with Crippen LogP contribution in [-0.4, -0.2) is 66.9 Å². The third kappa shape index (κ3) is 4.84. The maximum atomic E-state index is 13.3. The van der Waals surface area contributed by atoms with Crippen molar-refractivity contribution in [3.63, 3.8) is 0 Å². The molecular formula is C24H27N6O4-. The minimum atomic E-state index is -1.83. The fourth-order valence-corrected chi connectivity index (χ4v) is 4.12. The highest BCUT2D eigenvalue weighted by Crippen LogP contribution is 2.22. The van der Waals surface area contributed by atoms with E-state index < -0.39 is 24.0 Å². The summed E-state index contributed by atoms with van der Waals surface area (Å²) in [5.74, 6) is -1.81. The van der Waals surface area contributed by atoms with Gasteiger partial charge in [-0.1, -0.05) is 37.3 Å². The van der Waals surface area contributed by atoms with Gasteiger partial charge in [0.15, 0.2) is 11.9 Å². The van der Waals surface area contributed by atoms with E-state index in [-0.39, 0.29) is 22.9 Å². The van der Waals surface area contributed by atoms with E-state index in [9.17, 15) is 19.9 Å². The molecule has 3 heterocycles. The molecule has 1 aliphatic rings. The summed E-state index contributed by atoms with van der Waals surface area (Å²) in [4.78, 5) is 31.6. The van der Waals surface area contributed by atoms with Crippen molar-refractivity contribution in [2.45, 2.75) is 38.5 Å². The van der Waals surface area contributed by atoms with E-state index in [1.807, 2.05) is 6.20 Å². The average Bonchev–Trinajstić information content (AvgIpc) is 3.29. The van der Waals surface area contributed by atoms with E-state index in [0.717, 1.165) is 30.8 Å². The Hall–Kier alpha value is -3.60. The first kappa shape index (κ1) is 23.6. The van der Waals surface area contributed by atoms with Crippen LogP contribution in [0.25, 0.3) is 5.82 Å². The van der Waals surface area contributed by atoms with Crippen molar-refractivity contribution in [2.24, 2.45) is 5.73 Å². The summed E-state index contributed by atoms with van der Waals surface area (Å²) in [5, 5.41) is 28.3. The first-order valence-corrected chi connectivity index (χ1v) is 11.2. The number of nitrogens with zero attached hydrogens (tertiary/aromatic N) is 5. The number of aromatic nitrogens is 3. The number of rotatable bonds is 8. The van der Waals surface area contributed by atoms with Crippen LogP contribution < -0.4 is 5.73 Å². The van der Waals surface area contributed by atoms with Gasteiger partial charge in [-0.3, -0.25) is 14.5 Å². The van der Waals surface area contributed by atoms with Crippen LogP contribution >= 0.6 is 0 Å². The van der Waals surface area contributed by atoms with Crippen molar-refractivity contribution in [3.8, 4) is 5.82 Å². The topological polar surface area (TPSA) is 141 Å². The number of aliphatic hydroxyl groups excluding tert-OH is 1. The summed E-state index contributed by atoms with van der Waals surface area (Å²) >= 11 is 0. The molecule has 2 atom stereocenters. The molecule has 10 heteroatoms. The quantitative estimate of drug-likeness (QED) is 0.476. The second-order valence-electron chi connectivity index (χ2n) is 8.27. The van der Waals surface area contributed by atoms with Crippen LogP contribution in [0.3, 0.4) is 0 Å². The minimum absolute atomic E-state index is 0.0134. The third-order valence-electron chi connectivity index (χ3n) is 6.07. The van der Waals surface area contributed by atoms with Crippen molar-refractivity contribution < 1.29 is 14.7 Å². The van der Waals surface area contributed by atoms with Crippen molar-refractivity contribution in [2.75, 3.05) is 13.1 Å². The number of hydrogen-bond donors (Lipinski definition) is 2. The number of carbonyl (C=O) groups is 2. The number of nitrogens with two attached hydrogens (primary N) is 1. The highest BCUT2D eigenvalue weighted by Gasteiger charge is 2.30. The van der Waals surface area contributed by atoms with Crippen LogP contribution in [0, 0.1) is 5.21 Å². The maximum absolute atomic E-state index is 13.3. The van der Waals surface area contributed by atoms with Gasteiger partial charge in [0.05, 0.1) is 17.3 Å². The van der Waals surface area contributed by atoms with Crippen LogP contribution in [0.1, 0.15) is 34.1 Å². The number of amides is 2. The van der Waals surface area contributed by atoms with Gasteiger partial charge in [-0.15, -0.1) is 0 Å². The zero-order valence-corrected chi connectivity index (χ0v) is 18.9. The van der Waals surface area contributed by atoms with Crippen molar-refractivity contribution in [3.05, 3.63) is 82.4 Å². The average molecular weight is 464 g/mol. The number of pyridine rings is 1. The van der Waals surface area contributed by atoms with Gasteiger partial charge in [-0.25, -0.2) is 9.67 Å². The molecule has 4 rings (SSSR count). The Bertz CT molecular complexity index is 1170. The highest BCUT2D eigenvalue weighted by atomic mass is 16.5. The molecule has 0 fully saturated rings. The molecule has 2 aromatic heterocycles. The standard InChI is InChI=1S/C24H27N6O4/c1-2-28-12-10-17-14-29(27-19(17)15-28)23-18(9-6-11-26-23)24(33)30(34)20(21(31)22(25)32)13-16-7-4-3-5-8-16/h3-9,11,14,20-21,31H,2,10,12-13,15H2,1H3,(H2,25,32)/q-1. The summed E-state index contributed by atoms with van der Waals surface area (Å²) in [7, 11) is 0. The van der Waals surface area contributed by atoms with Gasteiger partial charge in [0, 0.05) is 25.5 Å². The summed E-state index contributed by atoms with van der Waals surface area (Å²) < 4.78 is 1.52. The number of aliphatic hydroxyl groups is 1. The Morgan fingerprint density at radius 2 is 2.00 bits per heavy atom. The van der Waals surface area contributed by atoms with Gasteiger partial charge in [-0.05, 0) is 42.6 Å². The van der Waals surface area contributed by atoms with Gasteiger partial charge in [-0.2, -0.15) is 5.10 Å². The minimum Gasteiger partial charge on any atom is -0.756 e. The Morgan fingerprint density at radius 3 is 2.71 bits per heavy atom. The lowest BCUT2D eigenvalue weighted by atomic mass is 10.00. The number of likely N-dealkylation sites (N-methyl/N-ethyl adjacent to an activating group) is 1. The molecule has 178 valence electrons. The molecule has 34 heavy (non-hydrogen) atoms. The molecule has 3 N–H and O–H groups in total. The van der Waals surface area contributed by atoms with Crippen LogP contribution in [-0.2, 0) is 24.2 Å². The first-order chi connectivity index (χ1) is 16.4. The highest BCUT2D eigenvalue weighted by molar-refractivity contribution is 5.98. The first-order valence-electron chi connectivity index (χ1n) is 11.2. The Balaban J connectivity index is 1.65. The maximum Gasteiger partial charge on any atom is 0.248 e. The Morgan fingerprint density at radius 1 is 1.24 bits per heavy atom. The monoisotopic (exact) mass is 463 g/mol. The molecule has 0 spiro atoms. The number of fused-ring (bicyclic) bond motifs is 1. The third-order valence-corrected chi connectivity index (χ3v) is 6.07. The Labute approximate surface area is 197 Å². The van der Waals surface area contributed by atoms with E-state index in [2.05, 4.69) is 21.9 Å². The van der Waals surface area contributed by atoms with E-state index in [0.29, 0.717) is 12.1 Å². The largest absolute Gasteiger partial charge is 0.756 e. The van der Waals surface area contributed by atoms with E-state index in [1.54, 1.807) is 36.4 Å². The Kier molecular flexibility index (Phi) is 7.01. The number of hydroxylamine groups is 2. The van der Waals surface area contributed by atoms with E-state index in [4.69, 9.17) is 5.73 Å². The predicted octanol–water partition coefficient (Wildman–Crippen LogP) is 1.04. The molecule has 2 amide bonds. The molecule has 10 nitrogen and oxygen atoms in total. The predicted molar refractivity (Wildman–Crippen MR) is 125 cm³/mol. The van der Waals surface area contributed by atoms with Crippen LogP contribution in [0.2, 0.25) is 0 Å². The van der Waals surface area contributed by atoms with Crippen molar-refractivity contribution >= 4 is 11.8 Å². The van der Waals surface area contributed by atoms with E-state index >= 15 is 0 Å². The van der Waals surface area contributed by atoms with E-state index in [1.165, 1.54) is 16.9 Å². The van der Waals surface area contributed by atoms with Crippen molar-refractivity contribution in [1.82, 2.24) is 24.7 Å². The molecule has 0 bridgehead atoms. The normalized spacial score (nSPS) is 15.4. The van der Waals surface area contributed by atoms with Gasteiger partial charge in [0.25, 0.3) is 0 Å².